The van der Waals surface area contributed by atoms with Crippen LogP contribution in [0.4, 0.5) is 5.69 Å². The summed E-state index contributed by atoms with van der Waals surface area (Å²) in [5.74, 6) is 0.395. The van der Waals surface area contributed by atoms with Gasteiger partial charge in [0.15, 0.2) is 0 Å². The highest BCUT2D eigenvalue weighted by molar-refractivity contribution is 5.90. The Morgan fingerprint density at radius 1 is 1.28 bits per heavy atom. The van der Waals surface area contributed by atoms with E-state index in [1.807, 2.05) is 25.1 Å². The van der Waals surface area contributed by atoms with Crippen LogP contribution in [0, 0.1) is 12.8 Å². The van der Waals surface area contributed by atoms with E-state index in [1.54, 1.807) is 13.2 Å². The molecule has 25 heavy (non-hydrogen) atoms. The summed E-state index contributed by atoms with van der Waals surface area (Å²) in [5, 5.41) is 15.0. The largest absolute Gasteiger partial charge is 0.545 e. The van der Waals surface area contributed by atoms with E-state index in [-0.39, 0.29) is 11.6 Å². The van der Waals surface area contributed by atoms with Gasteiger partial charge >= 0.3 is 0 Å². The number of allylic oxidation sites excluding steroid dienone is 2. The number of carbonyl (C=O) groups excluding carboxylic acids is 1. The van der Waals surface area contributed by atoms with Gasteiger partial charge in [0.05, 0.1) is 19.1 Å². The minimum atomic E-state index is -1.14. The zero-order valence-electron chi connectivity index (χ0n) is 14.3. The van der Waals surface area contributed by atoms with Gasteiger partial charge in [0, 0.05) is 17.2 Å². The van der Waals surface area contributed by atoms with Crippen molar-refractivity contribution in [3.05, 3.63) is 70.8 Å². The van der Waals surface area contributed by atoms with Crippen molar-refractivity contribution in [1.29, 1.82) is 0 Å². The molecule has 128 valence electrons. The summed E-state index contributed by atoms with van der Waals surface area (Å²) in [4.78, 5) is 11.4. The Kier molecular flexibility index (Phi) is 3.75. The van der Waals surface area contributed by atoms with Gasteiger partial charge in [-0.25, -0.2) is 0 Å². The molecule has 1 aliphatic heterocycles. The van der Waals surface area contributed by atoms with Gasteiger partial charge in [-0.3, -0.25) is 0 Å². The van der Waals surface area contributed by atoms with Crippen LogP contribution >= 0.6 is 0 Å². The number of hydrogen-bond acceptors (Lipinski definition) is 4. The fourth-order valence-corrected chi connectivity index (χ4v) is 4.20. The molecule has 0 amide bonds. The van der Waals surface area contributed by atoms with Gasteiger partial charge < -0.3 is 20.0 Å². The van der Waals surface area contributed by atoms with Gasteiger partial charge in [-0.15, -0.1) is 0 Å². The number of methoxy groups -OCH3 is 1. The lowest BCUT2D eigenvalue weighted by Crippen LogP contribution is -2.31. The van der Waals surface area contributed by atoms with Crippen LogP contribution in [-0.4, -0.2) is 13.1 Å². The minimum absolute atomic E-state index is 0.110. The van der Waals surface area contributed by atoms with Crippen LogP contribution in [0.25, 0.3) is 0 Å². The Morgan fingerprint density at radius 2 is 2.12 bits per heavy atom. The van der Waals surface area contributed by atoms with Crippen molar-refractivity contribution in [2.75, 3.05) is 12.4 Å². The van der Waals surface area contributed by atoms with Crippen molar-refractivity contribution in [1.82, 2.24) is 0 Å². The lowest BCUT2D eigenvalue weighted by Gasteiger charge is -2.39. The van der Waals surface area contributed by atoms with Crippen molar-refractivity contribution in [2.24, 2.45) is 5.92 Å². The molecule has 2 aliphatic rings. The summed E-state index contributed by atoms with van der Waals surface area (Å²) in [5.41, 5.74) is 4.23. The van der Waals surface area contributed by atoms with E-state index in [2.05, 4.69) is 29.6 Å². The molecule has 1 N–H and O–H groups in total. The Morgan fingerprint density at radius 3 is 2.88 bits per heavy atom. The van der Waals surface area contributed by atoms with E-state index >= 15 is 0 Å². The van der Waals surface area contributed by atoms with Gasteiger partial charge in [-0.2, -0.15) is 0 Å². The lowest BCUT2D eigenvalue weighted by molar-refractivity contribution is -0.255. The fourth-order valence-electron chi connectivity index (χ4n) is 4.20. The lowest BCUT2D eigenvalue weighted by atomic mass is 9.76. The summed E-state index contributed by atoms with van der Waals surface area (Å²) >= 11 is 0. The Labute approximate surface area is 147 Å². The maximum Gasteiger partial charge on any atom is 0.119 e. The average Bonchev–Trinajstić information content (AvgIpc) is 3.11. The number of carboxylic acids is 1. The van der Waals surface area contributed by atoms with Crippen LogP contribution in [0.2, 0.25) is 0 Å². The maximum absolute atomic E-state index is 11.4. The second kappa shape index (κ2) is 5.96. The van der Waals surface area contributed by atoms with Crippen LogP contribution in [0.5, 0.6) is 5.75 Å². The first-order valence-electron chi connectivity index (χ1n) is 8.52. The van der Waals surface area contributed by atoms with Gasteiger partial charge in [-0.05, 0) is 48.1 Å². The zero-order chi connectivity index (χ0) is 17.6. The molecule has 0 spiro atoms. The number of ether oxygens (including phenoxy) is 1. The Balaban J connectivity index is 1.83. The molecular formula is C21H20NO3-. The van der Waals surface area contributed by atoms with Crippen molar-refractivity contribution >= 4 is 11.7 Å². The smallest absolute Gasteiger partial charge is 0.119 e. The molecule has 4 rings (SSSR count). The molecule has 4 heteroatoms. The van der Waals surface area contributed by atoms with Crippen molar-refractivity contribution in [3.63, 3.8) is 0 Å². The molecular weight excluding hydrogens is 314 g/mol. The van der Waals surface area contributed by atoms with Crippen LogP contribution in [0.3, 0.4) is 0 Å². The van der Waals surface area contributed by atoms with Crippen LogP contribution in [0.1, 0.15) is 45.4 Å². The second-order valence-electron chi connectivity index (χ2n) is 6.74. The van der Waals surface area contributed by atoms with Crippen molar-refractivity contribution < 1.29 is 14.6 Å². The third kappa shape index (κ3) is 2.49. The molecule has 0 fully saturated rings. The highest BCUT2D eigenvalue weighted by Gasteiger charge is 2.38. The highest BCUT2D eigenvalue weighted by atomic mass is 16.5. The van der Waals surface area contributed by atoms with E-state index in [9.17, 15) is 9.90 Å². The Hall–Kier alpha value is -2.75. The zero-order valence-corrected chi connectivity index (χ0v) is 14.3. The van der Waals surface area contributed by atoms with Crippen LogP contribution in [0.15, 0.2) is 48.6 Å². The number of rotatable bonds is 3. The summed E-state index contributed by atoms with van der Waals surface area (Å²) in [7, 11) is 1.67. The molecule has 4 nitrogen and oxygen atoms in total. The molecule has 0 unspecified atom stereocenters. The van der Waals surface area contributed by atoms with Crippen LogP contribution in [-0.2, 0) is 0 Å². The third-order valence-electron chi connectivity index (χ3n) is 5.47. The average molecular weight is 334 g/mol. The normalized spacial score (nSPS) is 23.5. The number of carbonyl (C=O) groups is 1. The molecule has 3 atom stereocenters. The molecule has 1 heterocycles. The molecule has 2 aromatic carbocycles. The number of anilines is 1. The summed E-state index contributed by atoms with van der Waals surface area (Å²) in [6, 6.07) is 11.8. The molecule has 0 saturated carbocycles. The first kappa shape index (κ1) is 15.8. The van der Waals surface area contributed by atoms with Gasteiger partial charge in [0.2, 0.25) is 0 Å². The second-order valence-corrected chi connectivity index (χ2v) is 6.74. The number of aromatic carboxylic acids is 1. The van der Waals surface area contributed by atoms with Gasteiger partial charge in [-0.1, -0.05) is 36.4 Å². The van der Waals surface area contributed by atoms with Crippen molar-refractivity contribution in [2.45, 2.75) is 25.3 Å². The summed E-state index contributed by atoms with van der Waals surface area (Å²) in [6.07, 6.45) is 5.47. The SMILES string of the molecule is COc1cccc([C@@H]2Nc3c(ccc(C(=O)[O-])c3C)[C@@H]3C=CC[C@H]32)c1. The first-order valence-corrected chi connectivity index (χ1v) is 8.52. The van der Waals surface area contributed by atoms with E-state index < -0.39 is 5.97 Å². The van der Waals surface area contributed by atoms with E-state index in [0.29, 0.717) is 11.8 Å². The predicted molar refractivity (Wildman–Crippen MR) is 94.9 cm³/mol. The Bertz CT molecular complexity index is 871. The number of nitrogens with one attached hydrogen (secondary N) is 1. The molecule has 1 aliphatic carbocycles. The molecule has 0 aromatic heterocycles. The quantitative estimate of drug-likeness (QED) is 0.876. The summed E-state index contributed by atoms with van der Waals surface area (Å²) in [6.45, 7) is 1.85. The van der Waals surface area contributed by atoms with E-state index in [4.69, 9.17) is 4.74 Å². The predicted octanol–water partition coefficient (Wildman–Crippen LogP) is 3.19. The van der Waals surface area contributed by atoms with E-state index in [1.165, 1.54) is 5.56 Å². The molecule has 0 bridgehead atoms. The first-order chi connectivity index (χ1) is 12.1. The number of hydrogen-bond donors (Lipinski definition) is 1. The molecule has 2 aromatic rings. The summed E-state index contributed by atoms with van der Waals surface area (Å²) < 4.78 is 5.37. The fraction of sp³-hybridized carbons (Fsp3) is 0.286. The highest BCUT2D eigenvalue weighted by Crippen LogP contribution is 2.51. The van der Waals surface area contributed by atoms with E-state index in [0.717, 1.165) is 29.0 Å². The molecule has 0 radical (unpaired) electrons. The third-order valence-corrected chi connectivity index (χ3v) is 5.47. The number of fused-ring (bicyclic) bond motifs is 3. The van der Waals surface area contributed by atoms with Gasteiger partial charge in [0.25, 0.3) is 0 Å². The maximum atomic E-state index is 11.4. The molecule has 0 saturated heterocycles. The van der Waals surface area contributed by atoms with Crippen LogP contribution < -0.4 is 15.2 Å². The topological polar surface area (TPSA) is 61.4 Å². The van der Waals surface area contributed by atoms with Crippen molar-refractivity contribution in [3.8, 4) is 5.75 Å². The number of carboxylic acid groups (broad SMARTS) is 1. The number of benzene rings is 2. The van der Waals surface area contributed by atoms with Gasteiger partial charge in [0.1, 0.15) is 5.75 Å². The standard InChI is InChI=1S/C21H21NO3/c1-12-15(21(23)24)9-10-18-16-7-4-8-17(16)20(22-19(12)18)13-5-3-6-14(11-13)25-2/h3-7,9-11,16-17,20,22H,8H2,1-2H3,(H,23,24)/p-1/t16-,17-,20+/m1/s1. The monoisotopic (exact) mass is 334 g/mol. The minimum Gasteiger partial charge on any atom is -0.545 e.